The molecule has 1 aromatic heterocycles. The van der Waals surface area contributed by atoms with E-state index in [4.69, 9.17) is 0 Å². The molecule has 0 spiro atoms. The van der Waals surface area contributed by atoms with Crippen LogP contribution in [-0.4, -0.2) is 33.9 Å². The number of anilines is 1. The topological polar surface area (TPSA) is 58.1 Å². The van der Waals surface area contributed by atoms with E-state index in [2.05, 4.69) is 39.6 Å². The van der Waals surface area contributed by atoms with Crippen LogP contribution in [0.4, 0.5) is 5.82 Å². The standard InChI is InChI=1S/C23H26N4O/c1-2-27(17-20-12-7-4-8-13-20)23(28)21-16-22(26-18-25-21)24-15-9-14-19-10-5-3-6-11-19/h3-8,10-13,16,18H,2,9,14-15,17H2,1H3,(H,24,25,26). The smallest absolute Gasteiger partial charge is 0.272 e. The van der Waals surface area contributed by atoms with Gasteiger partial charge in [-0.3, -0.25) is 4.79 Å². The Hall–Kier alpha value is -3.21. The van der Waals surface area contributed by atoms with Gasteiger partial charge in [-0.25, -0.2) is 9.97 Å². The number of benzene rings is 2. The molecule has 28 heavy (non-hydrogen) atoms. The molecule has 0 fully saturated rings. The highest BCUT2D eigenvalue weighted by Crippen LogP contribution is 2.11. The van der Waals surface area contributed by atoms with Crippen LogP contribution in [-0.2, 0) is 13.0 Å². The lowest BCUT2D eigenvalue weighted by molar-refractivity contribution is 0.0746. The summed E-state index contributed by atoms with van der Waals surface area (Å²) >= 11 is 0. The summed E-state index contributed by atoms with van der Waals surface area (Å²) in [5, 5.41) is 3.29. The molecule has 1 heterocycles. The number of carbonyl (C=O) groups excluding carboxylic acids is 1. The largest absolute Gasteiger partial charge is 0.370 e. The molecule has 3 rings (SSSR count). The molecule has 0 aliphatic heterocycles. The second-order valence-electron chi connectivity index (χ2n) is 6.61. The third-order valence-electron chi connectivity index (χ3n) is 4.56. The molecular weight excluding hydrogens is 348 g/mol. The highest BCUT2D eigenvalue weighted by Gasteiger charge is 2.16. The van der Waals surface area contributed by atoms with Crippen molar-refractivity contribution in [3.8, 4) is 0 Å². The van der Waals surface area contributed by atoms with Crippen LogP contribution in [0.1, 0.15) is 35.0 Å². The fourth-order valence-corrected chi connectivity index (χ4v) is 3.02. The first-order valence-electron chi connectivity index (χ1n) is 9.69. The SMILES string of the molecule is CCN(Cc1ccccc1)C(=O)c1cc(NCCCc2ccccc2)ncn1. The molecule has 0 radical (unpaired) electrons. The zero-order chi connectivity index (χ0) is 19.6. The van der Waals surface area contributed by atoms with E-state index in [1.54, 1.807) is 11.0 Å². The molecule has 3 aromatic rings. The van der Waals surface area contributed by atoms with E-state index in [1.165, 1.54) is 11.9 Å². The van der Waals surface area contributed by atoms with Gasteiger partial charge in [-0.15, -0.1) is 0 Å². The molecule has 0 saturated carbocycles. The summed E-state index contributed by atoms with van der Waals surface area (Å²) in [7, 11) is 0. The number of amides is 1. The molecule has 1 amide bonds. The van der Waals surface area contributed by atoms with Crippen molar-refractivity contribution in [2.45, 2.75) is 26.3 Å². The Bertz CT molecular complexity index is 868. The van der Waals surface area contributed by atoms with Crippen molar-refractivity contribution in [3.63, 3.8) is 0 Å². The predicted molar refractivity (Wildman–Crippen MR) is 112 cm³/mol. The first-order valence-corrected chi connectivity index (χ1v) is 9.69. The molecule has 5 nitrogen and oxygen atoms in total. The lowest BCUT2D eigenvalue weighted by atomic mass is 10.1. The maximum absolute atomic E-state index is 12.9. The maximum atomic E-state index is 12.9. The van der Waals surface area contributed by atoms with Gasteiger partial charge in [-0.2, -0.15) is 0 Å². The second kappa shape index (κ2) is 10.2. The zero-order valence-corrected chi connectivity index (χ0v) is 16.2. The molecule has 0 aliphatic rings. The van der Waals surface area contributed by atoms with Gasteiger partial charge in [0.1, 0.15) is 17.8 Å². The molecule has 0 unspecified atom stereocenters. The van der Waals surface area contributed by atoms with Gasteiger partial charge >= 0.3 is 0 Å². The van der Waals surface area contributed by atoms with Crippen LogP contribution in [0, 0.1) is 0 Å². The highest BCUT2D eigenvalue weighted by atomic mass is 16.2. The van der Waals surface area contributed by atoms with Crippen LogP contribution < -0.4 is 5.32 Å². The van der Waals surface area contributed by atoms with Crippen LogP contribution in [0.2, 0.25) is 0 Å². The molecular formula is C23H26N4O. The van der Waals surface area contributed by atoms with Crippen LogP contribution in [0.5, 0.6) is 0 Å². The normalized spacial score (nSPS) is 10.5. The molecule has 1 N–H and O–H groups in total. The Morgan fingerprint density at radius 1 is 0.964 bits per heavy atom. The zero-order valence-electron chi connectivity index (χ0n) is 16.2. The van der Waals surface area contributed by atoms with Crippen LogP contribution in [0.15, 0.2) is 73.1 Å². The molecule has 2 aromatic carbocycles. The highest BCUT2D eigenvalue weighted by molar-refractivity contribution is 5.92. The van der Waals surface area contributed by atoms with E-state index in [0.29, 0.717) is 24.6 Å². The lowest BCUT2D eigenvalue weighted by Gasteiger charge is -2.20. The Morgan fingerprint density at radius 3 is 2.32 bits per heavy atom. The van der Waals surface area contributed by atoms with Crippen molar-refractivity contribution < 1.29 is 4.79 Å². The van der Waals surface area contributed by atoms with Crippen molar-refractivity contribution in [2.75, 3.05) is 18.4 Å². The van der Waals surface area contributed by atoms with Gasteiger partial charge in [0, 0.05) is 25.7 Å². The summed E-state index contributed by atoms with van der Waals surface area (Å²) in [4.78, 5) is 23.1. The number of nitrogens with zero attached hydrogens (tertiary/aromatic N) is 3. The summed E-state index contributed by atoms with van der Waals surface area (Å²) in [5.74, 6) is 0.600. The predicted octanol–water partition coefficient (Wildman–Crippen LogP) is 4.18. The van der Waals surface area contributed by atoms with Gasteiger partial charge in [0.15, 0.2) is 0 Å². The Morgan fingerprint density at radius 2 is 1.64 bits per heavy atom. The molecule has 0 bridgehead atoms. The van der Waals surface area contributed by atoms with Gasteiger partial charge in [0.05, 0.1) is 0 Å². The van der Waals surface area contributed by atoms with Crippen LogP contribution >= 0.6 is 0 Å². The van der Waals surface area contributed by atoms with Crippen molar-refractivity contribution in [3.05, 3.63) is 89.9 Å². The van der Waals surface area contributed by atoms with Gasteiger partial charge < -0.3 is 10.2 Å². The first-order chi connectivity index (χ1) is 13.8. The molecule has 144 valence electrons. The summed E-state index contributed by atoms with van der Waals surface area (Å²) in [5.41, 5.74) is 2.84. The number of aromatic nitrogens is 2. The Labute approximate surface area is 166 Å². The van der Waals surface area contributed by atoms with Crippen LogP contribution in [0.25, 0.3) is 0 Å². The molecule has 0 atom stereocenters. The van der Waals surface area contributed by atoms with E-state index in [9.17, 15) is 4.79 Å². The number of rotatable bonds is 9. The number of aryl methyl sites for hydroxylation is 1. The summed E-state index contributed by atoms with van der Waals surface area (Å²) < 4.78 is 0. The summed E-state index contributed by atoms with van der Waals surface area (Å²) in [6, 6.07) is 22.1. The third kappa shape index (κ3) is 5.64. The van der Waals surface area contributed by atoms with Gasteiger partial charge in [-0.1, -0.05) is 60.7 Å². The van der Waals surface area contributed by atoms with E-state index in [1.807, 2.05) is 43.3 Å². The number of nitrogens with one attached hydrogen (secondary N) is 1. The minimum Gasteiger partial charge on any atom is -0.370 e. The van der Waals surface area contributed by atoms with Gasteiger partial charge in [0.25, 0.3) is 5.91 Å². The average molecular weight is 374 g/mol. The van der Waals surface area contributed by atoms with Gasteiger partial charge in [-0.05, 0) is 30.9 Å². The van der Waals surface area contributed by atoms with Gasteiger partial charge in [0.2, 0.25) is 0 Å². The lowest BCUT2D eigenvalue weighted by Crippen LogP contribution is -2.31. The van der Waals surface area contributed by atoms with E-state index in [0.717, 1.165) is 24.9 Å². The first kappa shape index (κ1) is 19.5. The second-order valence-corrected chi connectivity index (χ2v) is 6.61. The van der Waals surface area contributed by atoms with E-state index < -0.39 is 0 Å². The van der Waals surface area contributed by atoms with E-state index in [-0.39, 0.29) is 5.91 Å². The number of hydrogen-bond acceptors (Lipinski definition) is 4. The molecule has 0 aliphatic carbocycles. The minimum absolute atomic E-state index is 0.0823. The van der Waals surface area contributed by atoms with Crippen molar-refractivity contribution >= 4 is 11.7 Å². The Kier molecular flexibility index (Phi) is 7.13. The average Bonchev–Trinajstić information content (AvgIpc) is 2.76. The van der Waals surface area contributed by atoms with Crippen molar-refractivity contribution in [1.82, 2.24) is 14.9 Å². The van der Waals surface area contributed by atoms with Crippen LogP contribution in [0.3, 0.4) is 0 Å². The van der Waals surface area contributed by atoms with Crippen molar-refractivity contribution in [1.29, 1.82) is 0 Å². The summed E-state index contributed by atoms with van der Waals surface area (Å²) in [6.45, 7) is 3.96. The third-order valence-corrected chi connectivity index (χ3v) is 4.56. The summed E-state index contributed by atoms with van der Waals surface area (Å²) in [6.07, 6.45) is 3.45. The molecule has 0 saturated heterocycles. The monoisotopic (exact) mass is 374 g/mol. The minimum atomic E-state index is -0.0823. The maximum Gasteiger partial charge on any atom is 0.272 e. The number of hydrogen-bond donors (Lipinski definition) is 1. The molecule has 5 heteroatoms. The van der Waals surface area contributed by atoms with E-state index >= 15 is 0 Å². The fourth-order valence-electron chi connectivity index (χ4n) is 3.02. The number of carbonyl (C=O) groups is 1. The van der Waals surface area contributed by atoms with Crippen molar-refractivity contribution in [2.24, 2.45) is 0 Å². The Balaban J connectivity index is 1.56. The fraction of sp³-hybridized carbons (Fsp3) is 0.261. The quantitative estimate of drug-likeness (QED) is 0.571.